The summed E-state index contributed by atoms with van der Waals surface area (Å²) in [5.74, 6) is -0.985. The van der Waals surface area contributed by atoms with Gasteiger partial charge in [0.05, 0.1) is 12.0 Å². The highest BCUT2D eigenvalue weighted by atomic mass is 32.2. The molecule has 0 amide bonds. The summed E-state index contributed by atoms with van der Waals surface area (Å²) in [6.07, 6.45) is 8.47. The molecule has 0 bridgehead atoms. The molecule has 0 heterocycles. The van der Waals surface area contributed by atoms with Gasteiger partial charge in [-0.25, -0.2) is 8.42 Å². The first-order valence-electron chi connectivity index (χ1n) is 7.27. The summed E-state index contributed by atoms with van der Waals surface area (Å²) in [4.78, 5) is 12.7. The lowest BCUT2D eigenvalue weighted by Gasteiger charge is -2.33. The number of ether oxygens (including phenoxy) is 1. The maximum Gasteiger partial charge on any atom is 0.328 e. The van der Waals surface area contributed by atoms with Crippen molar-refractivity contribution in [2.24, 2.45) is 11.8 Å². The SMILES string of the molecule is COC(=O)[C@]1(S(=O)(=O)c2ccccc2)CC[C@@H]2C=CC=C[C@@H]21. The monoisotopic (exact) mass is 318 g/mol. The Morgan fingerprint density at radius 2 is 1.86 bits per heavy atom. The highest BCUT2D eigenvalue weighted by Crippen LogP contribution is 2.50. The Morgan fingerprint density at radius 3 is 2.55 bits per heavy atom. The molecule has 0 radical (unpaired) electrons. The largest absolute Gasteiger partial charge is 0.468 e. The summed E-state index contributed by atoms with van der Waals surface area (Å²) in [5, 5.41) is 0. The first kappa shape index (κ1) is 15.0. The third-order valence-electron chi connectivity index (χ3n) is 4.70. The third kappa shape index (κ3) is 1.96. The Balaban J connectivity index is 2.19. The Labute approximate surface area is 130 Å². The van der Waals surface area contributed by atoms with Crippen LogP contribution in [0.15, 0.2) is 59.5 Å². The average molecular weight is 318 g/mol. The second-order valence-corrected chi connectivity index (χ2v) is 7.90. The number of hydrogen-bond acceptors (Lipinski definition) is 4. The summed E-state index contributed by atoms with van der Waals surface area (Å²) in [5.41, 5.74) is 0. The van der Waals surface area contributed by atoms with Crippen LogP contribution in [0.2, 0.25) is 0 Å². The van der Waals surface area contributed by atoms with Crippen molar-refractivity contribution in [3.8, 4) is 0 Å². The van der Waals surface area contributed by atoms with Gasteiger partial charge in [0.1, 0.15) is 0 Å². The van der Waals surface area contributed by atoms with Crippen LogP contribution in [0.1, 0.15) is 12.8 Å². The molecule has 2 aliphatic carbocycles. The zero-order valence-corrected chi connectivity index (χ0v) is 13.1. The van der Waals surface area contributed by atoms with Gasteiger partial charge in [-0.05, 0) is 30.9 Å². The molecule has 0 saturated heterocycles. The van der Waals surface area contributed by atoms with E-state index in [4.69, 9.17) is 4.74 Å². The molecule has 0 aromatic heterocycles. The minimum absolute atomic E-state index is 0.0580. The van der Waals surface area contributed by atoms with Crippen LogP contribution in [0.5, 0.6) is 0 Å². The van der Waals surface area contributed by atoms with Crippen LogP contribution in [0.4, 0.5) is 0 Å². The van der Waals surface area contributed by atoms with Gasteiger partial charge in [0, 0.05) is 5.92 Å². The van der Waals surface area contributed by atoms with Gasteiger partial charge in [0.25, 0.3) is 0 Å². The van der Waals surface area contributed by atoms with Gasteiger partial charge in [-0.1, -0.05) is 42.5 Å². The molecule has 3 atom stereocenters. The molecule has 1 saturated carbocycles. The van der Waals surface area contributed by atoms with Crippen molar-refractivity contribution in [3.05, 3.63) is 54.6 Å². The highest BCUT2D eigenvalue weighted by molar-refractivity contribution is 7.93. The highest BCUT2D eigenvalue weighted by Gasteiger charge is 2.62. The molecule has 0 N–H and O–H groups in total. The van der Waals surface area contributed by atoms with E-state index < -0.39 is 20.6 Å². The topological polar surface area (TPSA) is 60.4 Å². The van der Waals surface area contributed by atoms with Crippen LogP contribution in [0.3, 0.4) is 0 Å². The number of sulfone groups is 1. The summed E-state index contributed by atoms with van der Waals surface area (Å²) < 4.78 is 29.9. The van der Waals surface area contributed by atoms with Gasteiger partial charge in [-0.2, -0.15) is 0 Å². The minimum atomic E-state index is -3.84. The average Bonchev–Trinajstić information content (AvgIpc) is 2.96. The lowest BCUT2D eigenvalue weighted by molar-refractivity contribution is -0.144. The smallest absolute Gasteiger partial charge is 0.328 e. The van der Waals surface area contributed by atoms with Gasteiger partial charge in [-0.15, -0.1) is 0 Å². The van der Waals surface area contributed by atoms with E-state index >= 15 is 0 Å². The van der Waals surface area contributed by atoms with Gasteiger partial charge in [0.2, 0.25) is 0 Å². The summed E-state index contributed by atoms with van der Waals surface area (Å²) in [7, 11) is -2.59. The molecule has 0 spiro atoms. The molecule has 116 valence electrons. The predicted molar refractivity (Wildman–Crippen MR) is 82.9 cm³/mol. The van der Waals surface area contributed by atoms with E-state index in [1.165, 1.54) is 19.2 Å². The van der Waals surface area contributed by atoms with E-state index in [9.17, 15) is 13.2 Å². The van der Waals surface area contributed by atoms with Crippen molar-refractivity contribution in [1.29, 1.82) is 0 Å². The number of esters is 1. The van der Waals surface area contributed by atoms with E-state index in [1.807, 2.05) is 24.3 Å². The van der Waals surface area contributed by atoms with E-state index in [0.29, 0.717) is 6.42 Å². The first-order chi connectivity index (χ1) is 10.5. The van der Waals surface area contributed by atoms with Gasteiger partial charge >= 0.3 is 5.97 Å². The normalized spacial score (nSPS) is 30.0. The fourth-order valence-electron chi connectivity index (χ4n) is 3.62. The van der Waals surface area contributed by atoms with E-state index in [0.717, 1.165) is 0 Å². The van der Waals surface area contributed by atoms with Crippen LogP contribution >= 0.6 is 0 Å². The fourth-order valence-corrected chi connectivity index (χ4v) is 5.86. The molecule has 4 nitrogen and oxygen atoms in total. The van der Waals surface area contributed by atoms with E-state index in [2.05, 4.69) is 0 Å². The molecule has 1 fully saturated rings. The Bertz CT molecular complexity index is 733. The molecule has 0 aliphatic heterocycles. The number of benzene rings is 1. The van der Waals surface area contributed by atoms with Gasteiger partial charge in [0.15, 0.2) is 14.6 Å². The number of allylic oxidation sites excluding steroid dienone is 4. The standard InChI is InChI=1S/C17H18O4S/c1-21-16(18)17(12-11-13-7-5-6-10-15(13)17)22(19,20)14-8-3-2-4-9-14/h2-10,13,15H,11-12H2,1H3/t13-,15-,17-/m0/s1. The second-order valence-electron chi connectivity index (χ2n) is 5.70. The maximum atomic E-state index is 13.3. The number of methoxy groups -OCH3 is 1. The molecule has 1 aromatic carbocycles. The van der Waals surface area contributed by atoms with E-state index in [1.54, 1.807) is 18.2 Å². The molecule has 5 heteroatoms. The molecule has 1 aromatic rings. The van der Waals surface area contributed by atoms with Crippen molar-refractivity contribution in [1.82, 2.24) is 0 Å². The van der Waals surface area contributed by atoms with Crippen molar-refractivity contribution >= 4 is 15.8 Å². The third-order valence-corrected chi connectivity index (χ3v) is 7.20. The van der Waals surface area contributed by atoms with Gasteiger partial charge in [-0.3, -0.25) is 4.79 Å². The molecule has 3 rings (SSSR count). The molecule has 0 unspecified atom stereocenters. The van der Waals surface area contributed by atoms with Crippen LogP contribution in [0, 0.1) is 11.8 Å². The summed E-state index contributed by atoms with van der Waals surface area (Å²) in [6.45, 7) is 0. The number of hydrogen-bond donors (Lipinski definition) is 0. The maximum absolute atomic E-state index is 13.3. The van der Waals surface area contributed by atoms with Crippen molar-refractivity contribution in [3.63, 3.8) is 0 Å². The Morgan fingerprint density at radius 1 is 1.18 bits per heavy atom. The number of fused-ring (bicyclic) bond motifs is 1. The lowest BCUT2D eigenvalue weighted by atomic mass is 9.85. The summed E-state index contributed by atoms with van der Waals surface area (Å²) >= 11 is 0. The minimum Gasteiger partial charge on any atom is -0.468 e. The number of carbonyl (C=O) groups excluding carboxylic acids is 1. The number of rotatable bonds is 3. The predicted octanol–water partition coefficient (Wildman–Crippen LogP) is 2.52. The van der Waals surface area contributed by atoms with Crippen molar-refractivity contribution in [2.45, 2.75) is 22.5 Å². The van der Waals surface area contributed by atoms with Crippen molar-refractivity contribution in [2.75, 3.05) is 7.11 Å². The second kappa shape index (κ2) is 5.39. The molecular formula is C17H18O4S. The Kier molecular flexibility index (Phi) is 3.68. The van der Waals surface area contributed by atoms with Crippen LogP contribution in [-0.2, 0) is 19.4 Å². The number of carbonyl (C=O) groups is 1. The fraction of sp³-hybridized carbons (Fsp3) is 0.353. The van der Waals surface area contributed by atoms with Gasteiger partial charge < -0.3 is 4.74 Å². The zero-order valence-electron chi connectivity index (χ0n) is 12.3. The lowest BCUT2D eigenvalue weighted by Crippen LogP contribution is -2.50. The van der Waals surface area contributed by atoms with Crippen LogP contribution < -0.4 is 0 Å². The van der Waals surface area contributed by atoms with Crippen LogP contribution in [0.25, 0.3) is 0 Å². The van der Waals surface area contributed by atoms with Crippen molar-refractivity contribution < 1.29 is 17.9 Å². The zero-order chi connectivity index (χ0) is 15.8. The van der Waals surface area contributed by atoms with Crippen LogP contribution in [-0.4, -0.2) is 26.2 Å². The molecule has 22 heavy (non-hydrogen) atoms. The molecule has 2 aliphatic rings. The summed E-state index contributed by atoms with van der Waals surface area (Å²) in [6, 6.07) is 8.16. The Hall–Kier alpha value is -1.88. The van der Waals surface area contributed by atoms with E-state index in [-0.39, 0.29) is 23.2 Å². The first-order valence-corrected chi connectivity index (χ1v) is 8.75. The quantitative estimate of drug-likeness (QED) is 0.804. The molecular weight excluding hydrogens is 300 g/mol.